The van der Waals surface area contributed by atoms with Crippen molar-refractivity contribution in [3.63, 3.8) is 0 Å². The van der Waals surface area contributed by atoms with Crippen molar-refractivity contribution in [2.24, 2.45) is 5.92 Å². The van der Waals surface area contributed by atoms with Gasteiger partial charge in [0, 0.05) is 24.0 Å². The number of aromatic nitrogens is 1. The van der Waals surface area contributed by atoms with E-state index in [2.05, 4.69) is 16.4 Å². The first-order valence-corrected chi connectivity index (χ1v) is 11.4. The van der Waals surface area contributed by atoms with Gasteiger partial charge in [0.15, 0.2) is 0 Å². The highest BCUT2D eigenvalue weighted by molar-refractivity contribution is 5.95. The van der Waals surface area contributed by atoms with E-state index in [4.69, 9.17) is 10.00 Å². The molecule has 1 heterocycles. The summed E-state index contributed by atoms with van der Waals surface area (Å²) in [6.45, 7) is 5.91. The number of methoxy groups -OCH3 is 1. The molecule has 176 valence electrons. The number of ether oxygens (including phenoxy) is 1. The third kappa shape index (κ3) is 7.01. The van der Waals surface area contributed by atoms with Gasteiger partial charge in [-0.05, 0) is 59.9 Å². The maximum atomic E-state index is 12.9. The molecular formula is C28H31N3O3. The zero-order chi connectivity index (χ0) is 24.9. The molecule has 0 aliphatic rings. The normalized spacial score (nSPS) is 11.7. The van der Waals surface area contributed by atoms with Gasteiger partial charge in [-0.15, -0.1) is 0 Å². The Morgan fingerprint density at radius 2 is 1.79 bits per heavy atom. The Kier molecular flexibility index (Phi) is 10.5. The van der Waals surface area contributed by atoms with Crippen LogP contribution in [0.2, 0.25) is 0 Å². The number of rotatable bonds is 8. The Morgan fingerprint density at radius 3 is 2.38 bits per heavy atom. The van der Waals surface area contributed by atoms with Gasteiger partial charge in [-0.1, -0.05) is 51.1 Å². The summed E-state index contributed by atoms with van der Waals surface area (Å²) in [6.07, 6.45) is 4.40. The van der Waals surface area contributed by atoms with E-state index < -0.39 is 17.9 Å². The quantitative estimate of drug-likeness (QED) is 0.470. The second kappa shape index (κ2) is 13.5. The third-order valence-electron chi connectivity index (χ3n) is 5.40. The molecule has 1 amide bonds. The lowest BCUT2D eigenvalue weighted by molar-refractivity contribution is -0.146. The summed E-state index contributed by atoms with van der Waals surface area (Å²) in [5, 5.41) is 12.1. The largest absolute Gasteiger partial charge is 0.469 e. The molecule has 0 saturated carbocycles. The number of hydrogen-bond acceptors (Lipinski definition) is 5. The molecule has 1 aromatic heterocycles. The fourth-order valence-corrected chi connectivity index (χ4v) is 3.65. The highest BCUT2D eigenvalue weighted by Gasteiger charge is 2.30. The molecule has 34 heavy (non-hydrogen) atoms. The molecule has 0 spiro atoms. The van der Waals surface area contributed by atoms with Crippen LogP contribution in [0.4, 0.5) is 0 Å². The molecule has 2 aromatic carbocycles. The van der Waals surface area contributed by atoms with Crippen molar-refractivity contribution in [2.45, 2.75) is 39.7 Å². The van der Waals surface area contributed by atoms with Crippen LogP contribution in [0, 0.1) is 17.2 Å². The van der Waals surface area contributed by atoms with E-state index in [0.29, 0.717) is 24.0 Å². The second-order valence-electron chi connectivity index (χ2n) is 7.45. The van der Waals surface area contributed by atoms with Crippen LogP contribution in [-0.2, 0) is 16.0 Å². The molecular weight excluding hydrogens is 426 g/mol. The van der Waals surface area contributed by atoms with Crippen LogP contribution in [0.5, 0.6) is 0 Å². The number of pyridine rings is 1. The molecule has 6 nitrogen and oxygen atoms in total. The molecule has 0 aliphatic heterocycles. The van der Waals surface area contributed by atoms with Gasteiger partial charge in [-0.2, -0.15) is 5.26 Å². The highest BCUT2D eigenvalue weighted by atomic mass is 16.5. The Balaban J connectivity index is 0.00000199. The molecule has 0 radical (unpaired) electrons. The Hall–Kier alpha value is -3.98. The topological polar surface area (TPSA) is 92.1 Å². The van der Waals surface area contributed by atoms with Gasteiger partial charge in [0.1, 0.15) is 0 Å². The van der Waals surface area contributed by atoms with Gasteiger partial charge in [0.2, 0.25) is 0 Å². The third-order valence-corrected chi connectivity index (χ3v) is 5.40. The SMILES string of the molecule is CC.CCC(NC(=O)c1ccc(-c2cccnc2)cc1)C(Cc1cccc(C#N)c1)C(=O)OC. The minimum absolute atomic E-state index is 0.255. The molecule has 6 heteroatoms. The number of carbonyl (C=O) groups excluding carboxylic acids is 2. The predicted molar refractivity (Wildman–Crippen MR) is 133 cm³/mol. The van der Waals surface area contributed by atoms with E-state index in [-0.39, 0.29) is 5.91 Å². The van der Waals surface area contributed by atoms with Gasteiger partial charge in [0.05, 0.1) is 24.7 Å². The summed E-state index contributed by atoms with van der Waals surface area (Å²) in [4.78, 5) is 29.6. The summed E-state index contributed by atoms with van der Waals surface area (Å²) >= 11 is 0. The number of benzene rings is 2. The second-order valence-corrected chi connectivity index (χ2v) is 7.45. The van der Waals surface area contributed by atoms with Gasteiger partial charge in [0.25, 0.3) is 5.91 Å². The number of hydrogen-bond donors (Lipinski definition) is 1. The van der Waals surface area contributed by atoms with Gasteiger partial charge in [-0.3, -0.25) is 14.6 Å². The summed E-state index contributed by atoms with van der Waals surface area (Å²) in [5.41, 5.74) is 3.80. The predicted octanol–water partition coefficient (Wildman–Crippen LogP) is 5.19. The summed E-state index contributed by atoms with van der Waals surface area (Å²) in [7, 11) is 1.34. The molecule has 3 rings (SSSR count). The van der Waals surface area contributed by atoms with Crippen molar-refractivity contribution in [1.82, 2.24) is 10.3 Å². The van der Waals surface area contributed by atoms with E-state index in [1.165, 1.54) is 7.11 Å². The fourth-order valence-electron chi connectivity index (χ4n) is 3.65. The maximum Gasteiger partial charge on any atom is 0.311 e. The molecule has 0 saturated heterocycles. The van der Waals surface area contributed by atoms with Crippen molar-refractivity contribution in [2.75, 3.05) is 7.11 Å². The van der Waals surface area contributed by atoms with Crippen molar-refractivity contribution >= 4 is 11.9 Å². The molecule has 0 aliphatic carbocycles. The summed E-state index contributed by atoms with van der Waals surface area (Å²) in [5.74, 6) is -1.22. The van der Waals surface area contributed by atoms with Gasteiger partial charge in [-0.25, -0.2) is 0 Å². The minimum Gasteiger partial charge on any atom is -0.469 e. The van der Waals surface area contributed by atoms with E-state index in [1.54, 1.807) is 42.7 Å². The van der Waals surface area contributed by atoms with Crippen molar-refractivity contribution in [3.05, 3.63) is 89.7 Å². The maximum absolute atomic E-state index is 12.9. The van der Waals surface area contributed by atoms with Crippen LogP contribution < -0.4 is 5.32 Å². The van der Waals surface area contributed by atoms with E-state index >= 15 is 0 Å². The number of nitrogens with zero attached hydrogens (tertiary/aromatic N) is 2. The van der Waals surface area contributed by atoms with Crippen LogP contribution in [0.15, 0.2) is 73.1 Å². The first-order chi connectivity index (χ1) is 16.5. The first kappa shape index (κ1) is 26.3. The van der Waals surface area contributed by atoms with Crippen molar-refractivity contribution in [1.29, 1.82) is 5.26 Å². The molecule has 0 bridgehead atoms. The average molecular weight is 458 g/mol. The lowest BCUT2D eigenvalue weighted by Crippen LogP contribution is -2.44. The average Bonchev–Trinajstić information content (AvgIpc) is 2.91. The number of esters is 1. The Labute approximate surface area is 201 Å². The molecule has 0 fully saturated rings. The standard InChI is InChI=1S/C26H25N3O3.C2H6/c1-3-24(23(26(31)32-2)15-18-6-4-7-19(14-18)16-27)29-25(30)21-11-9-20(10-12-21)22-8-5-13-28-17-22;1-2/h4-14,17,23-24H,3,15H2,1-2H3,(H,29,30);1-2H3. The van der Waals surface area contributed by atoms with Crippen molar-refractivity contribution < 1.29 is 14.3 Å². The molecule has 2 unspecified atom stereocenters. The molecule has 2 atom stereocenters. The fraction of sp³-hybridized carbons (Fsp3) is 0.286. The monoisotopic (exact) mass is 457 g/mol. The van der Waals surface area contributed by atoms with E-state index in [1.807, 2.05) is 51.1 Å². The number of amides is 1. The molecule has 1 N–H and O–H groups in total. The van der Waals surface area contributed by atoms with Crippen LogP contribution in [-0.4, -0.2) is 30.0 Å². The van der Waals surface area contributed by atoms with Crippen LogP contribution in [0.3, 0.4) is 0 Å². The highest BCUT2D eigenvalue weighted by Crippen LogP contribution is 2.20. The smallest absolute Gasteiger partial charge is 0.311 e. The van der Waals surface area contributed by atoms with Gasteiger partial charge < -0.3 is 10.1 Å². The number of carbonyl (C=O) groups is 2. The summed E-state index contributed by atoms with van der Waals surface area (Å²) < 4.78 is 5.01. The zero-order valence-corrected chi connectivity index (χ0v) is 20.1. The summed E-state index contributed by atoms with van der Waals surface area (Å²) in [6, 6.07) is 19.9. The first-order valence-electron chi connectivity index (χ1n) is 11.4. The lowest BCUT2D eigenvalue weighted by atomic mass is 9.89. The lowest BCUT2D eigenvalue weighted by Gasteiger charge is -2.25. The van der Waals surface area contributed by atoms with Crippen LogP contribution in [0.1, 0.15) is 48.7 Å². The zero-order valence-electron chi connectivity index (χ0n) is 20.1. The minimum atomic E-state index is -0.572. The Bertz CT molecular complexity index is 1110. The Morgan fingerprint density at radius 1 is 1.06 bits per heavy atom. The van der Waals surface area contributed by atoms with Crippen LogP contribution in [0.25, 0.3) is 11.1 Å². The van der Waals surface area contributed by atoms with Crippen LogP contribution >= 0.6 is 0 Å². The van der Waals surface area contributed by atoms with Gasteiger partial charge >= 0.3 is 5.97 Å². The van der Waals surface area contributed by atoms with Crippen molar-refractivity contribution in [3.8, 4) is 17.2 Å². The number of nitrogens with one attached hydrogen (secondary N) is 1. The van der Waals surface area contributed by atoms with E-state index in [9.17, 15) is 9.59 Å². The van der Waals surface area contributed by atoms with E-state index in [0.717, 1.165) is 16.7 Å². The number of nitriles is 1. The molecule has 3 aromatic rings.